The van der Waals surface area contributed by atoms with Crippen LogP contribution in [0.15, 0.2) is 48.0 Å². The third kappa shape index (κ3) is 2.92. The van der Waals surface area contributed by atoms with Crippen LogP contribution in [0.25, 0.3) is 10.9 Å². The third-order valence-electron chi connectivity index (χ3n) is 3.80. The van der Waals surface area contributed by atoms with E-state index in [0.29, 0.717) is 12.6 Å². The average Bonchev–Trinajstić information content (AvgIpc) is 3.15. The zero-order valence-electron chi connectivity index (χ0n) is 12.9. The van der Waals surface area contributed by atoms with Crippen LogP contribution in [0.2, 0.25) is 0 Å². The quantitative estimate of drug-likeness (QED) is 0.750. The molecule has 0 radical (unpaired) electrons. The molecule has 1 amide bonds. The molecule has 4 heteroatoms. The Morgan fingerprint density at radius 2 is 2.05 bits per heavy atom. The zero-order valence-corrected chi connectivity index (χ0v) is 13.7. The van der Waals surface area contributed by atoms with Gasteiger partial charge >= 0.3 is 0 Å². The van der Waals surface area contributed by atoms with E-state index in [0.717, 1.165) is 11.3 Å². The number of fused-ring (bicyclic) bond motifs is 1. The largest absolute Gasteiger partial charge is 0.351 e. The van der Waals surface area contributed by atoms with Crippen LogP contribution in [0, 0.1) is 0 Å². The molecule has 0 spiro atoms. The van der Waals surface area contributed by atoms with E-state index in [9.17, 15) is 4.79 Å². The molecule has 0 aliphatic heterocycles. The topological polar surface area (TPSA) is 34.0 Å². The molecule has 0 atom stereocenters. The summed E-state index contributed by atoms with van der Waals surface area (Å²) in [6.45, 7) is 5.03. The molecule has 0 aliphatic carbocycles. The van der Waals surface area contributed by atoms with Crippen molar-refractivity contribution in [3.05, 3.63) is 58.4 Å². The summed E-state index contributed by atoms with van der Waals surface area (Å²) in [5, 5.41) is 6.20. The van der Waals surface area contributed by atoms with Gasteiger partial charge in [-0.3, -0.25) is 4.79 Å². The monoisotopic (exact) mass is 312 g/mol. The molecule has 1 N–H and O–H groups in total. The highest BCUT2D eigenvalue weighted by atomic mass is 32.1. The summed E-state index contributed by atoms with van der Waals surface area (Å²) in [5.74, 6) is 0.0163. The van der Waals surface area contributed by atoms with Crippen molar-refractivity contribution >= 4 is 28.1 Å². The molecule has 3 aromatic rings. The SMILES string of the molecule is CC(C)n1cc(CCNC(=O)c2cccs2)c2ccccc21. The minimum absolute atomic E-state index is 0.0163. The first kappa shape index (κ1) is 14.9. The van der Waals surface area contributed by atoms with Gasteiger partial charge in [-0.2, -0.15) is 0 Å². The molecule has 0 bridgehead atoms. The van der Waals surface area contributed by atoms with Gasteiger partial charge in [0.1, 0.15) is 0 Å². The Morgan fingerprint density at radius 1 is 1.23 bits per heavy atom. The van der Waals surface area contributed by atoms with Gasteiger partial charge in [0.25, 0.3) is 5.91 Å². The first-order valence-electron chi connectivity index (χ1n) is 7.57. The van der Waals surface area contributed by atoms with Gasteiger partial charge < -0.3 is 9.88 Å². The summed E-state index contributed by atoms with van der Waals surface area (Å²) < 4.78 is 2.30. The second kappa shape index (κ2) is 6.36. The fraction of sp³-hybridized carbons (Fsp3) is 0.278. The lowest BCUT2D eigenvalue weighted by molar-refractivity contribution is 0.0958. The van der Waals surface area contributed by atoms with Gasteiger partial charge in [-0.05, 0) is 43.3 Å². The van der Waals surface area contributed by atoms with Crippen LogP contribution in [0.4, 0.5) is 0 Å². The third-order valence-corrected chi connectivity index (χ3v) is 4.67. The van der Waals surface area contributed by atoms with Crippen molar-refractivity contribution in [2.75, 3.05) is 6.54 Å². The van der Waals surface area contributed by atoms with Crippen molar-refractivity contribution in [3.8, 4) is 0 Å². The minimum atomic E-state index is 0.0163. The van der Waals surface area contributed by atoms with E-state index in [1.165, 1.54) is 27.8 Å². The molecule has 114 valence electrons. The number of carbonyl (C=O) groups excluding carboxylic acids is 1. The number of hydrogen-bond donors (Lipinski definition) is 1. The van der Waals surface area contributed by atoms with E-state index < -0.39 is 0 Å². The summed E-state index contributed by atoms with van der Waals surface area (Å²) in [6.07, 6.45) is 3.06. The van der Waals surface area contributed by atoms with Crippen LogP contribution in [0.1, 0.15) is 35.1 Å². The average molecular weight is 312 g/mol. The zero-order chi connectivity index (χ0) is 15.5. The van der Waals surface area contributed by atoms with Gasteiger partial charge in [-0.25, -0.2) is 0 Å². The highest BCUT2D eigenvalue weighted by Crippen LogP contribution is 2.24. The van der Waals surface area contributed by atoms with Crippen LogP contribution in [-0.2, 0) is 6.42 Å². The van der Waals surface area contributed by atoms with Crippen LogP contribution in [0.3, 0.4) is 0 Å². The molecular formula is C18H20N2OS. The van der Waals surface area contributed by atoms with Crippen molar-refractivity contribution in [1.29, 1.82) is 0 Å². The predicted octanol–water partition coefficient (Wildman–Crippen LogP) is 4.26. The van der Waals surface area contributed by atoms with E-state index in [1.807, 2.05) is 17.5 Å². The second-order valence-corrected chi connectivity index (χ2v) is 6.60. The summed E-state index contributed by atoms with van der Waals surface area (Å²) >= 11 is 1.47. The molecule has 0 unspecified atom stereocenters. The fourth-order valence-corrected chi connectivity index (χ4v) is 3.35. The van der Waals surface area contributed by atoms with Crippen LogP contribution in [-0.4, -0.2) is 17.0 Å². The lowest BCUT2D eigenvalue weighted by Gasteiger charge is -2.08. The van der Waals surface area contributed by atoms with Gasteiger partial charge in [0, 0.05) is 29.7 Å². The first-order chi connectivity index (χ1) is 10.7. The standard InChI is InChI=1S/C18H20N2OS/c1-13(2)20-12-14(15-6-3-4-7-16(15)20)9-10-19-18(21)17-8-5-11-22-17/h3-8,11-13H,9-10H2,1-2H3,(H,19,21). The van der Waals surface area contributed by atoms with E-state index in [2.05, 4.69) is 54.2 Å². The first-order valence-corrected chi connectivity index (χ1v) is 8.45. The van der Waals surface area contributed by atoms with E-state index >= 15 is 0 Å². The fourth-order valence-electron chi connectivity index (χ4n) is 2.71. The van der Waals surface area contributed by atoms with Gasteiger partial charge in [0.15, 0.2) is 0 Å². The molecule has 1 aromatic carbocycles. The maximum atomic E-state index is 12.0. The molecule has 0 aliphatic rings. The molecule has 0 saturated heterocycles. The van der Waals surface area contributed by atoms with Crippen LogP contribution >= 0.6 is 11.3 Å². The Morgan fingerprint density at radius 3 is 2.77 bits per heavy atom. The lowest BCUT2D eigenvalue weighted by atomic mass is 10.1. The van der Waals surface area contributed by atoms with Crippen molar-refractivity contribution in [2.45, 2.75) is 26.3 Å². The number of thiophene rings is 1. The molecule has 22 heavy (non-hydrogen) atoms. The molecule has 0 fully saturated rings. The van der Waals surface area contributed by atoms with Gasteiger partial charge in [0.05, 0.1) is 4.88 Å². The number of aromatic nitrogens is 1. The number of nitrogens with one attached hydrogen (secondary N) is 1. The maximum absolute atomic E-state index is 12.0. The minimum Gasteiger partial charge on any atom is -0.351 e. The number of carbonyl (C=O) groups is 1. The van der Waals surface area contributed by atoms with Crippen molar-refractivity contribution in [1.82, 2.24) is 9.88 Å². The highest BCUT2D eigenvalue weighted by molar-refractivity contribution is 7.12. The highest BCUT2D eigenvalue weighted by Gasteiger charge is 2.11. The van der Waals surface area contributed by atoms with Crippen molar-refractivity contribution in [3.63, 3.8) is 0 Å². The smallest absolute Gasteiger partial charge is 0.261 e. The van der Waals surface area contributed by atoms with E-state index in [1.54, 1.807) is 0 Å². The number of rotatable bonds is 5. The molecule has 2 heterocycles. The predicted molar refractivity (Wildman–Crippen MR) is 92.7 cm³/mol. The number of amides is 1. The Bertz CT molecular complexity index is 772. The summed E-state index contributed by atoms with van der Waals surface area (Å²) in [4.78, 5) is 12.7. The summed E-state index contributed by atoms with van der Waals surface area (Å²) in [7, 11) is 0. The van der Waals surface area contributed by atoms with Crippen LogP contribution in [0.5, 0.6) is 0 Å². The van der Waals surface area contributed by atoms with Crippen molar-refractivity contribution in [2.24, 2.45) is 0 Å². The van der Waals surface area contributed by atoms with E-state index in [4.69, 9.17) is 0 Å². The van der Waals surface area contributed by atoms with E-state index in [-0.39, 0.29) is 5.91 Å². The molecule has 3 rings (SSSR count). The molecule has 0 saturated carbocycles. The molecule has 2 aromatic heterocycles. The van der Waals surface area contributed by atoms with Gasteiger partial charge in [-0.15, -0.1) is 11.3 Å². The van der Waals surface area contributed by atoms with Gasteiger partial charge in [0.2, 0.25) is 0 Å². The Kier molecular flexibility index (Phi) is 4.29. The Balaban J connectivity index is 1.73. The summed E-state index contributed by atoms with van der Waals surface area (Å²) in [6, 6.07) is 12.6. The number of hydrogen-bond acceptors (Lipinski definition) is 2. The maximum Gasteiger partial charge on any atom is 0.261 e. The number of para-hydroxylation sites is 1. The lowest BCUT2D eigenvalue weighted by Crippen LogP contribution is -2.24. The normalized spacial score (nSPS) is 11.2. The molecule has 3 nitrogen and oxygen atoms in total. The number of benzene rings is 1. The second-order valence-electron chi connectivity index (χ2n) is 5.66. The van der Waals surface area contributed by atoms with Crippen LogP contribution < -0.4 is 5.32 Å². The van der Waals surface area contributed by atoms with Gasteiger partial charge in [-0.1, -0.05) is 24.3 Å². The Labute approximate surface area is 134 Å². The Hall–Kier alpha value is -2.07. The molecular weight excluding hydrogens is 292 g/mol. The number of nitrogens with zero attached hydrogens (tertiary/aromatic N) is 1. The van der Waals surface area contributed by atoms with Crippen molar-refractivity contribution < 1.29 is 4.79 Å². The summed E-state index contributed by atoms with van der Waals surface area (Å²) in [5.41, 5.74) is 2.55.